The standard InChI is InChI=1S/C12H13ClN2O2S/c13-12-2-1-11(7-9(12)8-14)15-10-3-5-18(16,17)6-4-10/h1-2,7,10,15H,3-6H2. The highest BCUT2D eigenvalue weighted by atomic mass is 35.5. The number of anilines is 1. The molecule has 1 fully saturated rings. The van der Waals surface area contributed by atoms with Crippen molar-refractivity contribution >= 4 is 27.1 Å². The number of benzene rings is 1. The van der Waals surface area contributed by atoms with Gasteiger partial charge in [0, 0.05) is 11.7 Å². The van der Waals surface area contributed by atoms with Crippen LogP contribution < -0.4 is 5.32 Å². The summed E-state index contributed by atoms with van der Waals surface area (Å²) in [6.07, 6.45) is 1.21. The first-order valence-corrected chi connectivity index (χ1v) is 7.87. The number of nitriles is 1. The van der Waals surface area contributed by atoms with Crippen LogP contribution in [0.4, 0.5) is 5.69 Å². The first-order valence-electron chi connectivity index (χ1n) is 5.67. The van der Waals surface area contributed by atoms with E-state index < -0.39 is 9.84 Å². The molecule has 0 atom stereocenters. The van der Waals surface area contributed by atoms with Crippen LogP contribution in [0.2, 0.25) is 5.02 Å². The van der Waals surface area contributed by atoms with Crippen LogP contribution in [0, 0.1) is 11.3 Å². The van der Waals surface area contributed by atoms with Gasteiger partial charge in [0.2, 0.25) is 0 Å². The summed E-state index contributed by atoms with van der Waals surface area (Å²) in [4.78, 5) is 0. The van der Waals surface area contributed by atoms with Crippen molar-refractivity contribution in [3.8, 4) is 6.07 Å². The molecule has 18 heavy (non-hydrogen) atoms. The number of hydrogen-bond donors (Lipinski definition) is 1. The maximum atomic E-state index is 11.3. The Labute approximate surface area is 111 Å². The largest absolute Gasteiger partial charge is 0.382 e. The van der Waals surface area contributed by atoms with Crippen LogP contribution in [-0.4, -0.2) is 26.0 Å². The molecule has 1 aromatic carbocycles. The van der Waals surface area contributed by atoms with Gasteiger partial charge in [-0.15, -0.1) is 0 Å². The van der Waals surface area contributed by atoms with Crippen molar-refractivity contribution in [3.05, 3.63) is 28.8 Å². The van der Waals surface area contributed by atoms with Gasteiger partial charge in [-0.2, -0.15) is 5.26 Å². The molecule has 1 saturated heterocycles. The molecule has 0 spiro atoms. The van der Waals surface area contributed by atoms with Crippen molar-refractivity contribution in [2.45, 2.75) is 18.9 Å². The molecular formula is C12H13ClN2O2S. The SMILES string of the molecule is N#Cc1cc(NC2CCS(=O)(=O)CC2)ccc1Cl. The highest BCUT2D eigenvalue weighted by Gasteiger charge is 2.23. The normalized spacial score (nSPS) is 19.1. The first-order chi connectivity index (χ1) is 8.50. The average molecular weight is 285 g/mol. The summed E-state index contributed by atoms with van der Waals surface area (Å²) >= 11 is 5.85. The minimum absolute atomic E-state index is 0.140. The van der Waals surface area contributed by atoms with Crippen molar-refractivity contribution in [1.29, 1.82) is 5.26 Å². The minimum atomic E-state index is -2.84. The van der Waals surface area contributed by atoms with Crippen molar-refractivity contribution in [2.75, 3.05) is 16.8 Å². The number of halogens is 1. The van der Waals surface area contributed by atoms with Gasteiger partial charge in [0.25, 0.3) is 0 Å². The topological polar surface area (TPSA) is 70.0 Å². The third kappa shape index (κ3) is 3.15. The maximum absolute atomic E-state index is 11.3. The van der Waals surface area contributed by atoms with E-state index >= 15 is 0 Å². The first kappa shape index (κ1) is 13.2. The Bertz CT molecular complexity index is 579. The average Bonchev–Trinajstić information content (AvgIpc) is 2.34. The Hall–Kier alpha value is -1.25. The lowest BCUT2D eigenvalue weighted by atomic mass is 10.1. The number of nitrogens with zero attached hydrogens (tertiary/aromatic N) is 1. The number of sulfone groups is 1. The van der Waals surface area contributed by atoms with Gasteiger partial charge < -0.3 is 5.32 Å². The van der Waals surface area contributed by atoms with Crippen LogP contribution in [0.15, 0.2) is 18.2 Å². The van der Waals surface area contributed by atoms with Gasteiger partial charge in [-0.25, -0.2) is 8.42 Å². The van der Waals surface area contributed by atoms with Crippen molar-refractivity contribution in [2.24, 2.45) is 0 Å². The molecule has 0 bridgehead atoms. The molecule has 0 amide bonds. The quantitative estimate of drug-likeness (QED) is 0.904. The summed E-state index contributed by atoms with van der Waals surface area (Å²) in [6, 6.07) is 7.31. The van der Waals surface area contributed by atoms with Crippen molar-refractivity contribution in [1.82, 2.24) is 0 Å². The van der Waals surface area contributed by atoms with Gasteiger partial charge in [-0.3, -0.25) is 0 Å². The fourth-order valence-electron chi connectivity index (χ4n) is 1.97. The highest BCUT2D eigenvalue weighted by Crippen LogP contribution is 2.22. The zero-order chi connectivity index (χ0) is 13.2. The molecule has 1 N–H and O–H groups in total. The van der Waals surface area contributed by atoms with E-state index in [0.29, 0.717) is 23.4 Å². The second kappa shape index (κ2) is 5.17. The summed E-state index contributed by atoms with van der Waals surface area (Å²) < 4.78 is 22.6. The summed E-state index contributed by atoms with van der Waals surface area (Å²) in [5.41, 5.74) is 1.23. The van der Waals surface area contributed by atoms with Crippen LogP contribution in [-0.2, 0) is 9.84 Å². The monoisotopic (exact) mass is 284 g/mol. The zero-order valence-electron chi connectivity index (χ0n) is 9.69. The van der Waals surface area contributed by atoms with Crippen molar-refractivity contribution in [3.63, 3.8) is 0 Å². The maximum Gasteiger partial charge on any atom is 0.150 e. The molecule has 4 nitrogen and oxygen atoms in total. The van der Waals surface area contributed by atoms with E-state index in [0.717, 1.165) is 5.69 Å². The van der Waals surface area contributed by atoms with E-state index in [1.54, 1.807) is 18.2 Å². The number of rotatable bonds is 2. The predicted molar refractivity (Wildman–Crippen MR) is 71.5 cm³/mol. The second-order valence-electron chi connectivity index (χ2n) is 4.38. The summed E-state index contributed by atoms with van der Waals surface area (Å²) in [7, 11) is -2.84. The molecule has 0 saturated carbocycles. The summed E-state index contributed by atoms with van der Waals surface area (Å²) in [5, 5.41) is 12.5. The second-order valence-corrected chi connectivity index (χ2v) is 7.09. The Morgan fingerprint density at radius 1 is 1.33 bits per heavy atom. The summed E-state index contributed by atoms with van der Waals surface area (Å²) in [5.74, 6) is 0.451. The smallest absolute Gasteiger partial charge is 0.150 e. The van der Waals surface area contributed by atoms with E-state index in [4.69, 9.17) is 16.9 Å². The molecule has 0 unspecified atom stereocenters. The van der Waals surface area contributed by atoms with Crippen LogP contribution in [0.5, 0.6) is 0 Å². The lowest BCUT2D eigenvalue weighted by Crippen LogP contribution is -2.32. The molecule has 1 heterocycles. The molecule has 96 valence electrons. The Morgan fingerprint density at radius 2 is 2.00 bits per heavy atom. The fraction of sp³-hybridized carbons (Fsp3) is 0.417. The third-order valence-corrected chi connectivity index (χ3v) is 5.06. The summed E-state index contributed by atoms with van der Waals surface area (Å²) in [6.45, 7) is 0. The molecule has 0 radical (unpaired) electrons. The molecule has 0 aliphatic carbocycles. The number of hydrogen-bond acceptors (Lipinski definition) is 4. The molecular weight excluding hydrogens is 272 g/mol. The fourth-order valence-corrected chi connectivity index (χ4v) is 3.62. The molecule has 1 aliphatic heterocycles. The van der Waals surface area contributed by atoms with Gasteiger partial charge >= 0.3 is 0 Å². The van der Waals surface area contributed by atoms with Gasteiger partial charge in [-0.1, -0.05) is 11.6 Å². The zero-order valence-corrected chi connectivity index (χ0v) is 11.3. The van der Waals surface area contributed by atoms with Crippen LogP contribution in [0.3, 0.4) is 0 Å². The number of nitrogens with one attached hydrogen (secondary N) is 1. The molecule has 1 aliphatic rings. The predicted octanol–water partition coefficient (Wildman–Crippen LogP) is 2.20. The van der Waals surface area contributed by atoms with E-state index in [1.807, 2.05) is 6.07 Å². The van der Waals surface area contributed by atoms with Gasteiger partial charge in [0.1, 0.15) is 15.9 Å². The molecule has 1 aromatic rings. The Morgan fingerprint density at radius 3 is 2.61 bits per heavy atom. The van der Waals surface area contributed by atoms with E-state index in [2.05, 4.69) is 5.32 Å². The van der Waals surface area contributed by atoms with Crippen LogP contribution >= 0.6 is 11.6 Å². The van der Waals surface area contributed by atoms with Gasteiger partial charge in [0.15, 0.2) is 0 Å². The van der Waals surface area contributed by atoms with E-state index in [-0.39, 0.29) is 17.5 Å². The van der Waals surface area contributed by atoms with Gasteiger partial charge in [-0.05, 0) is 31.0 Å². The van der Waals surface area contributed by atoms with Crippen molar-refractivity contribution < 1.29 is 8.42 Å². The molecule has 6 heteroatoms. The molecule has 2 rings (SSSR count). The van der Waals surface area contributed by atoms with E-state index in [9.17, 15) is 8.42 Å². The van der Waals surface area contributed by atoms with Gasteiger partial charge in [0.05, 0.1) is 22.1 Å². The molecule has 0 aromatic heterocycles. The lowest BCUT2D eigenvalue weighted by Gasteiger charge is -2.24. The van der Waals surface area contributed by atoms with E-state index in [1.165, 1.54) is 0 Å². The van der Waals surface area contributed by atoms with Crippen LogP contribution in [0.1, 0.15) is 18.4 Å². The lowest BCUT2D eigenvalue weighted by molar-refractivity contribution is 0.559. The Balaban J connectivity index is 2.05. The minimum Gasteiger partial charge on any atom is -0.382 e. The van der Waals surface area contributed by atoms with Crippen LogP contribution in [0.25, 0.3) is 0 Å². The third-order valence-electron chi connectivity index (χ3n) is 3.01. The Kier molecular flexibility index (Phi) is 3.79. The highest BCUT2D eigenvalue weighted by molar-refractivity contribution is 7.91.